The van der Waals surface area contributed by atoms with Gasteiger partial charge in [-0.05, 0) is 5.56 Å². The number of aliphatic hydroxyl groups excluding tert-OH is 2. The number of carbonyl (C=O) groups is 1. The fourth-order valence-corrected chi connectivity index (χ4v) is 0.589. The highest BCUT2D eigenvalue weighted by atomic mass is 16.4. The number of rotatable bonds is 2. The summed E-state index contributed by atoms with van der Waals surface area (Å²) in [6.07, 6.45) is 1.83. The Hall–Kier alpha value is -1.65. The van der Waals surface area contributed by atoms with E-state index in [-0.39, 0.29) is 13.2 Å². The first kappa shape index (κ1) is 16.8. The molecular formula is C12H18O4. The molecule has 1 aromatic carbocycles. The van der Waals surface area contributed by atoms with Crippen LogP contribution in [0.5, 0.6) is 0 Å². The molecule has 0 atom stereocenters. The zero-order chi connectivity index (χ0) is 12.8. The first-order chi connectivity index (χ1) is 7.58. The summed E-state index contributed by atoms with van der Waals surface area (Å²) in [6, 6.07) is 10.0. The Bertz CT molecular complexity index is 264. The van der Waals surface area contributed by atoms with Gasteiger partial charge in [-0.2, -0.15) is 0 Å². The third-order valence-electron chi connectivity index (χ3n) is 1.14. The molecule has 0 unspecified atom stereocenters. The summed E-state index contributed by atoms with van der Waals surface area (Å²) in [5.74, 6) is -0.833. The first-order valence-corrected chi connectivity index (χ1v) is 4.67. The summed E-state index contributed by atoms with van der Waals surface area (Å²) in [4.78, 5) is 9.00. The molecule has 0 radical (unpaired) electrons. The van der Waals surface area contributed by atoms with Crippen molar-refractivity contribution in [1.29, 1.82) is 0 Å². The van der Waals surface area contributed by atoms with E-state index in [4.69, 9.17) is 20.1 Å². The number of aliphatic hydroxyl groups is 2. The maximum atomic E-state index is 9.00. The van der Waals surface area contributed by atoms with Crippen LogP contribution in [0.1, 0.15) is 12.5 Å². The molecule has 4 nitrogen and oxygen atoms in total. The van der Waals surface area contributed by atoms with Gasteiger partial charge in [0.05, 0.1) is 13.2 Å². The highest BCUT2D eigenvalue weighted by Crippen LogP contribution is 1.97. The molecule has 4 heteroatoms. The maximum Gasteiger partial charge on any atom is 0.300 e. The van der Waals surface area contributed by atoms with Crippen molar-refractivity contribution in [3.63, 3.8) is 0 Å². The Kier molecular flexibility index (Phi) is 14.0. The molecule has 0 saturated carbocycles. The SMILES string of the molecule is C=Cc1ccccc1.CC(=O)O.OCCO. The molecule has 0 bridgehead atoms. The average Bonchev–Trinajstić information content (AvgIpc) is 2.30. The van der Waals surface area contributed by atoms with E-state index in [0.29, 0.717) is 0 Å². The maximum absolute atomic E-state index is 9.00. The first-order valence-electron chi connectivity index (χ1n) is 4.67. The van der Waals surface area contributed by atoms with E-state index < -0.39 is 5.97 Å². The lowest BCUT2D eigenvalue weighted by atomic mass is 10.2. The second-order valence-corrected chi connectivity index (χ2v) is 2.58. The van der Waals surface area contributed by atoms with Crippen LogP contribution in [0.3, 0.4) is 0 Å². The lowest BCUT2D eigenvalue weighted by Crippen LogP contribution is -1.85. The molecular weight excluding hydrogens is 208 g/mol. The molecule has 0 saturated heterocycles. The molecule has 0 aromatic heterocycles. The Morgan fingerprint density at radius 2 is 1.62 bits per heavy atom. The molecule has 0 spiro atoms. The van der Waals surface area contributed by atoms with Gasteiger partial charge < -0.3 is 15.3 Å². The third kappa shape index (κ3) is 18.2. The summed E-state index contributed by atoms with van der Waals surface area (Å²) in [5.41, 5.74) is 1.17. The van der Waals surface area contributed by atoms with E-state index in [1.807, 2.05) is 36.4 Å². The van der Waals surface area contributed by atoms with Crippen LogP contribution in [0.25, 0.3) is 6.08 Å². The van der Waals surface area contributed by atoms with E-state index in [9.17, 15) is 0 Å². The standard InChI is InChI=1S/C8H8.C2H4O2.C2H6O2/c1-2-8-6-4-3-5-7-8;1-2(3)4;3-1-2-4/h2-7H,1H2;1H3,(H,3,4);3-4H,1-2H2. The summed E-state index contributed by atoms with van der Waals surface area (Å²) < 4.78 is 0. The lowest BCUT2D eigenvalue weighted by Gasteiger charge is -1.85. The van der Waals surface area contributed by atoms with Gasteiger partial charge in [0.2, 0.25) is 0 Å². The normalized spacial score (nSPS) is 7.69. The summed E-state index contributed by atoms with van der Waals surface area (Å²) in [6.45, 7) is 4.46. The van der Waals surface area contributed by atoms with Crippen molar-refractivity contribution in [1.82, 2.24) is 0 Å². The fraction of sp³-hybridized carbons (Fsp3) is 0.250. The molecule has 0 aliphatic rings. The van der Waals surface area contributed by atoms with Gasteiger partial charge in [0.15, 0.2) is 0 Å². The van der Waals surface area contributed by atoms with E-state index >= 15 is 0 Å². The van der Waals surface area contributed by atoms with Crippen molar-refractivity contribution in [2.75, 3.05) is 13.2 Å². The van der Waals surface area contributed by atoms with Gasteiger partial charge in [0, 0.05) is 6.92 Å². The second kappa shape index (κ2) is 13.4. The average molecular weight is 226 g/mol. The molecule has 3 N–H and O–H groups in total. The quantitative estimate of drug-likeness (QED) is 0.712. The van der Waals surface area contributed by atoms with Gasteiger partial charge in [-0.1, -0.05) is 43.0 Å². The van der Waals surface area contributed by atoms with E-state index in [0.717, 1.165) is 6.92 Å². The fourth-order valence-electron chi connectivity index (χ4n) is 0.589. The monoisotopic (exact) mass is 226 g/mol. The van der Waals surface area contributed by atoms with Gasteiger partial charge >= 0.3 is 0 Å². The minimum Gasteiger partial charge on any atom is -0.481 e. The van der Waals surface area contributed by atoms with Gasteiger partial charge in [-0.25, -0.2) is 0 Å². The predicted molar refractivity (Wildman–Crippen MR) is 64.0 cm³/mol. The molecule has 0 amide bonds. The number of carboxylic acids is 1. The van der Waals surface area contributed by atoms with Crippen molar-refractivity contribution in [3.05, 3.63) is 42.5 Å². The van der Waals surface area contributed by atoms with Gasteiger partial charge in [0.25, 0.3) is 5.97 Å². The topological polar surface area (TPSA) is 77.8 Å². The number of carboxylic acid groups (broad SMARTS) is 1. The number of hydrogen-bond acceptors (Lipinski definition) is 3. The van der Waals surface area contributed by atoms with Crippen LogP contribution in [0.15, 0.2) is 36.9 Å². The van der Waals surface area contributed by atoms with Crippen LogP contribution in [0.4, 0.5) is 0 Å². The van der Waals surface area contributed by atoms with Crippen LogP contribution in [-0.4, -0.2) is 34.5 Å². The highest BCUT2D eigenvalue weighted by Gasteiger charge is 1.75. The zero-order valence-electron chi connectivity index (χ0n) is 9.34. The van der Waals surface area contributed by atoms with Crippen LogP contribution < -0.4 is 0 Å². The molecule has 1 aromatic rings. The van der Waals surface area contributed by atoms with Gasteiger partial charge in [-0.15, -0.1) is 0 Å². The lowest BCUT2D eigenvalue weighted by molar-refractivity contribution is -0.134. The van der Waals surface area contributed by atoms with E-state index in [2.05, 4.69) is 6.58 Å². The van der Waals surface area contributed by atoms with Crippen molar-refractivity contribution in [3.8, 4) is 0 Å². The van der Waals surface area contributed by atoms with Crippen LogP contribution in [-0.2, 0) is 4.79 Å². The summed E-state index contributed by atoms with van der Waals surface area (Å²) in [5, 5.41) is 22.7. The Morgan fingerprint density at radius 3 is 1.81 bits per heavy atom. The van der Waals surface area contributed by atoms with Crippen molar-refractivity contribution >= 4 is 12.0 Å². The molecule has 16 heavy (non-hydrogen) atoms. The van der Waals surface area contributed by atoms with E-state index in [1.54, 1.807) is 0 Å². The predicted octanol–water partition coefficient (Wildman–Crippen LogP) is 1.39. The minimum atomic E-state index is -0.833. The Balaban J connectivity index is 0. The van der Waals surface area contributed by atoms with Gasteiger partial charge in [-0.3, -0.25) is 4.79 Å². The summed E-state index contributed by atoms with van der Waals surface area (Å²) >= 11 is 0. The van der Waals surface area contributed by atoms with E-state index in [1.165, 1.54) is 5.56 Å². The number of benzene rings is 1. The van der Waals surface area contributed by atoms with Crippen LogP contribution >= 0.6 is 0 Å². The van der Waals surface area contributed by atoms with Crippen LogP contribution in [0, 0.1) is 0 Å². The summed E-state index contributed by atoms with van der Waals surface area (Å²) in [7, 11) is 0. The minimum absolute atomic E-state index is 0.125. The van der Waals surface area contributed by atoms with Gasteiger partial charge in [0.1, 0.15) is 0 Å². The molecule has 90 valence electrons. The number of aliphatic carboxylic acids is 1. The molecule has 1 rings (SSSR count). The third-order valence-corrected chi connectivity index (χ3v) is 1.14. The van der Waals surface area contributed by atoms with Crippen LogP contribution in [0.2, 0.25) is 0 Å². The van der Waals surface area contributed by atoms with Crippen molar-refractivity contribution in [2.45, 2.75) is 6.92 Å². The second-order valence-electron chi connectivity index (χ2n) is 2.58. The molecule has 0 aliphatic heterocycles. The Labute approximate surface area is 95.5 Å². The van der Waals surface area contributed by atoms with Crippen molar-refractivity contribution < 1.29 is 20.1 Å². The number of hydrogen-bond donors (Lipinski definition) is 3. The smallest absolute Gasteiger partial charge is 0.300 e. The highest BCUT2D eigenvalue weighted by molar-refractivity contribution is 5.62. The molecule has 0 fully saturated rings. The molecule has 0 aliphatic carbocycles. The molecule has 0 heterocycles. The van der Waals surface area contributed by atoms with Crippen molar-refractivity contribution in [2.24, 2.45) is 0 Å². The largest absolute Gasteiger partial charge is 0.481 e. The zero-order valence-corrected chi connectivity index (χ0v) is 9.34. The Morgan fingerprint density at radius 1 is 1.25 bits per heavy atom.